The van der Waals surface area contributed by atoms with Crippen molar-refractivity contribution in [2.75, 3.05) is 11.9 Å². The summed E-state index contributed by atoms with van der Waals surface area (Å²) in [6.45, 7) is 6.76. The molecule has 2 heterocycles. The third-order valence-electron chi connectivity index (χ3n) is 5.68. The van der Waals surface area contributed by atoms with Crippen molar-refractivity contribution in [1.29, 1.82) is 0 Å². The minimum absolute atomic E-state index is 0.0831. The maximum atomic E-state index is 12.4. The molecule has 0 bridgehead atoms. The highest BCUT2D eigenvalue weighted by Gasteiger charge is 2.34. The molecule has 1 unspecified atom stereocenters. The fourth-order valence-corrected chi connectivity index (χ4v) is 5.00. The SMILES string of the molecule is CC1CC(C)(C)N(C)c2cc(Cl)c(/C=C3/SC(=Nc4ccccc4)NC3=O)cc21. The number of benzene rings is 2. The van der Waals surface area contributed by atoms with Gasteiger partial charge in [0.25, 0.3) is 5.91 Å². The van der Waals surface area contributed by atoms with E-state index in [1.54, 1.807) is 0 Å². The Hall–Kier alpha value is -2.24. The molecule has 29 heavy (non-hydrogen) atoms. The van der Waals surface area contributed by atoms with Crippen LogP contribution in [0, 0.1) is 0 Å². The van der Waals surface area contributed by atoms with Crippen molar-refractivity contribution in [3.63, 3.8) is 0 Å². The number of hydrogen-bond acceptors (Lipinski definition) is 4. The molecule has 1 N–H and O–H groups in total. The summed E-state index contributed by atoms with van der Waals surface area (Å²) in [6.07, 6.45) is 2.93. The van der Waals surface area contributed by atoms with E-state index in [0.717, 1.165) is 23.4 Å². The number of anilines is 1. The van der Waals surface area contributed by atoms with Gasteiger partial charge in [-0.05, 0) is 79.4 Å². The smallest absolute Gasteiger partial charge is 0.264 e. The Morgan fingerprint density at radius 3 is 2.72 bits per heavy atom. The van der Waals surface area contributed by atoms with Gasteiger partial charge < -0.3 is 10.2 Å². The first-order valence-electron chi connectivity index (χ1n) is 9.66. The fraction of sp³-hybridized carbons (Fsp3) is 0.304. The molecule has 6 heteroatoms. The molecule has 2 aliphatic heterocycles. The van der Waals surface area contributed by atoms with Crippen LogP contribution in [-0.4, -0.2) is 23.7 Å². The molecular weight excluding hydrogens is 402 g/mol. The standard InChI is InChI=1S/C23H24ClN3OS/c1-14-13-23(2,3)27(4)19-12-18(24)15(10-17(14)19)11-20-21(28)26-22(29-20)25-16-8-6-5-7-9-16/h5-12,14H,13H2,1-4H3,(H,25,26,28)/b20-11+. The normalized spacial score (nSPS) is 23.4. The number of thioether (sulfide) groups is 1. The van der Waals surface area contributed by atoms with Crippen LogP contribution in [0.1, 0.15) is 44.2 Å². The average molecular weight is 426 g/mol. The molecule has 4 rings (SSSR count). The number of aliphatic imine (C=N–C) groups is 1. The first kappa shape index (κ1) is 20.0. The van der Waals surface area contributed by atoms with Crippen LogP contribution in [0.15, 0.2) is 52.4 Å². The highest BCUT2D eigenvalue weighted by atomic mass is 35.5. The third-order valence-corrected chi connectivity index (χ3v) is 6.91. The van der Waals surface area contributed by atoms with E-state index >= 15 is 0 Å². The van der Waals surface area contributed by atoms with E-state index in [1.807, 2.05) is 42.5 Å². The Labute approximate surface area is 181 Å². The van der Waals surface area contributed by atoms with Gasteiger partial charge in [0, 0.05) is 23.3 Å². The predicted molar refractivity (Wildman–Crippen MR) is 124 cm³/mol. The summed E-state index contributed by atoms with van der Waals surface area (Å²) >= 11 is 7.95. The van der Waals surface area contributed by atoms with E-state index in [1.165, 1.54) is 17.3 Å². The van der Waals surface area contributed by atoms with E-state index < -0.39 is 0 Å². The number of nitrogens with zero attached hydrogens (tertiary/aromatic N) is 2. The van der Waals surface area contributed by atoms with Crippen LogP contribution in [-0.2, 0) is 4.79 Å². The number of amides is 1. The molecule has 0 radical (unpaired) electrons. The number of para-hydroxylation sites is 1. The fourth-order valence-electron chi connectivity index (χ4n) is 3.96. The van der Waals surface area contributed by atoms with Gasteiger partial charge in [-0.3, -0.25) is 4.79 Å². The Kier molecular flexibility index (Phi) is 5.21. The highest BCUT2D eigenvalue weighted by molar-refractivity contribution is 8.18. The van der Waals surface area contributed by atoms with Crippen molar-refractivity contribution in [3.8, 4) is 0 Å². The summed E-state index contributed by atoms with van der Waals surface area (Å²) in [7, 11) is 2.12. The molecule has 2 aromatic rings. The zero-order chi connectivity index (χ0) is 20.8. The number of fused-ring (bicyclic) bond motifs is 1. The molecular formula is C23H24ClN3OS. The number of amidine groups is 1. The van der Waals surface area contributed by atoms with E-state index in [4.69, 9.17) is 11.6 Å². The Bertz CT molecular complexity index is 1030. The second-order valence-electron chi connectivity index (χ2n) is 8.23. The number of rotatable bonds is 2. The zero-order valence-corrected chi connectivity index (χ0v) is 18.6. The predicted octanol–water partition coefficient (Wildman–Crippen LogP) is 5.95. The number of halogens is 1. The van der Waals surface area contributed by atoms with Crippen LogP contribution in [0.3, 0.4) is 0 Å². The summed E-state index contributed by atoms with van der Waals surface area (Å²) < 4.78 is 0. The van der Waals surface area contributed by atoms with E-state index in [-0.39, 0.29) is 11.4 Å². The molecule has 2 aliphatic rings. The molecule has 1 fully saturated rings. The van der Waals surface area contributed by atoms with Crippen molar-refractivity contribution in [2.45, 2.75) is 38.6 Å². The molecule has 150 valence electrons. The van der Waals surface area contributed by atoms with Gasteiger partial charge >= 0.3 is 0 Å². The van der Waals surface area contributed by atoms with Crippen LogP contribution in [0.2, 0.25) is 5.02 Å². The minimum Gasteiger partial charge on any atom is -0.369 e. The quantitative estimate of drug-likeness (QED) is 0.604. The number of nitrogens with one attached hydrogen (secondary N) is 1. The van der Waals surface area contributed by atoms with Crippen LogP contribution in [0.25, 0.3) is 6.08 Å². The van der Waals surface area contributed by atoms with E-state index in [9.17, 15) is 4.79 Å². The first-order valence-corrected chi connectivity index (χ1v) is 10.9. The van der Waals surface area contributed by atoms with Crippen molar-refractivity contribution in [3.05, 3.63) is 63.5 Å². The first-order chi connectivity index (χ1) is 13.7. The molecule has 1 saturated heterocycles. The summed E-state index contributed by atoms with van der Waals surface area (Å²) in [5, 5.41) is 4.06. The average Bonchev–Trinajstić information content (AvgIpc) is 3.00. The lowest BCUT2D eigenvalue weighted by molar-refractivity contribution is -0.115. The number of carbonyl (C=O) groups excluding carboxylic acids is 1. The molecule has 4 nitrogen and oxygen atoms in total. The molecule has 0 saturated carbocycles. The third kappa shape index (κ3) is 3.94. The van der Waals surface area contributed by atoms with E-state index in [0.29, 0.717) is 21.0 Å². The van der Waals surface area contributed by atoms with Gasteiger partial charge in [-0.15, -0.1) is 0 Å². The number of hydrogen-bond donors (Lipinski definition) is 1. The molecule has 1 amide bonds. The van der Waals surface area contributed by atoms with Gasteiger partial charge in [-0.1, -0.05) is 36.7 Å². The lowest BCUT2D eigenvalue weighted by atomic mass is 9.80. The molecule has 0 aromatic heterocycles. The molecule has 0 aliphatic carbocycles. The van der Waals surface area contributed by atoms with Gasteiger partial charge in [0.1, 0.15) is 0 Å². The van der Waals surface area contributed by atoms with Gasteiger partial charge in [-0.25, -0.2) is 4.99 Å². The van der Waals surface area contributed by atoms with Crippen molar-refractivity contribution < 1.29 is 4.79 Å². The highest BCUT2D eigenvalue weighted by Crippen LogP contribution is 2.45. The molecule has 0 spiro atoms. The second kappa shape index (κ2) is 7.54. The van der Waals surface area contributed by atoms with Crippen LogP contribution >= 0.6 is 23.4 Å². The van der Waals surface area contributed by atoms with Gasteiger partial charge in [0.2, 0.25) is 0 Å². The molecule has 1 atom stereocenters. The van der Waals surface area contributed by atoms with Gasteiger partial charge in [0.15, 0.2) is 5.17 Å². The van der Waals surface area contributed by atoms with Crippen molar-refractivity contribution >= 4 is 51.9 Å². The topological polar surface area (TPSA) is 44.7 Å². The summed E-state index contributed by atoms with van der Waals surface area (Å²) in [5.41, 5.74) is 4.19. The summed E-state index contributed by atoms with van der Waals surface area (Å²) in [4.78, 5) is 19.8. The Balaban J connectivity index is 1.66. The van der Waals surface area contributed by atoms with E-state index in [2.05, 4.69) is 49.1 Å². The summed E-state index contributed by atoms with van der Waals surface area (Å²) in [6, 6.07) is 13.7. The van der Waals surface area contributed by atoms with Crippen molar-refractivity contribution in [1.82, 2.24) is 5.32 Å². The monoisotopic (exact) mass is 425 g/mol. The largest absolute Gasteiger partial charge is 0.369 e. The lowest BCUT2D eigenvalue weighted by Gasteiger charge is -2.45. The van der Waals surface area contributed by atoms with Crippen LogP contribution < -0.4 is 10.2 Å². The maximum absolute atomic E-state index is 12.4. The van der Waals surface area contributed by atoms with Gasteiger partial charge in [-0.2, -0.15) is 0 Å². The zero-order valence-electron chi connectivity index (χ0n) is 17.0. The maximum Gasteiger partial charge on any atom is 0.264 e. The lowest BCUT2D eigenvalue weighted by Crippen LogP contribution is -2.45. The minimum atomic E-state index is -0.148. The Morgan fingerprint density at radius 2 is 2.00 bits per heavy atom. The Morgan fingerprint density at radius 1 is 1.28 bits per heavy atom. The van der Waals surface area contributed by atoms with Crippen molar-refractivity contribution in [2.24, 2.45) is 4.99 Å². The van der Waals surface area contributed by atoms with Gasteiger partial charge in [0.05, 0.1) is 10.6 Å². The van der Waals surface area contributed by atoms with Crippen LogP contribution in [0.4, 0.5) is 11.4 Å². The second-order valence-corrected chi connectivity index (χ2v) is 9.66. The van der Waals surface area contributed by atoms with Crippen LogP contribution in [0.5, 0.6) is 0 Å². The summed E-state index contributed by atoms with van der Waals surface area (Å²) in [5.74, 6) is 0.274. The molecule has 2 aromatic carbocycles. The number of carbonyl (C=O) groups is 1.